The van der Waals surface area contributed by atoms with Gasteiger partial charge < -0.3 is 4.84 Å². The number of unbranched alkanes of at least 4 members (excludes halogenated alkanes) is 2. The Bertz CT molecular complexity index is 373. The van der Waals surface area contributed by atoms with Crippen LogP contribution in [0.4, 0.5) is 0 Å². The van der Waals surface area contributed by atoms with E-state index in [1.807, 2.05) is 0 Å². The Labute approximate surface area is 140 Å². The SMILES string of the molecule is CC(C)(C)CCCCC(CCCCC1(CC(=O)ON)CC1)N=O. The first-order valence-electron chi connectivity index (χ1n) is 9.02. The molecule has 2 N–H and O–H groups in total. The highest BCUT2D eigenvalue weighted by Crippen LogP contribution is 2.53. The third-order valence-electron chi connectivity index (χ3n) is 4.97. The summed E-state index contributed by atoms with van der Waals surface area (Å²) in [6.45, 7) is 6.74. The van der Waals surface area contributed by atoms with Crippen molar-refractivity contribution in [2.45, 2.75) is 97.4 Å². The number of carbonyl (C=O) groups excluding carboxylic acids is 1. The molecule has 134 valence electrons. The third-order valence-corrected chi connectivity index (χ3v) is 4.97. The average molecular weight is 326 g/mol. The van der Waals surface area contributed by atoms with Crippen LogP contribution < -0.4 is 5.90 Å². The second kappa shape index (κ2) is 9.36. The predicted molar refractivity (Wildman–Crippen MR) is 92.5 cm³/mol. The van der Waals surface area contributed by atoms with E-state index in [0.717, 1.165) is 51.4 Å². The first-order chi connectivity index (χ1) is 10.8. The molecule has 0 aliphatic heterocycles. The lowest BCUT2D eigenvalue weighted by molar-refractivity contribution is -0.145. The van der Waals surface area contributed by atoms with Crippen molar-refractivity contribution in [3.63, 3.8) is 0 Å². The van der Waals surface area contributed by atoms with Crippen molar-refractivity contribution in [1.29, 1.82) is 0 Å². The number of carbonyl (C=O) groups is 1. The van der Waals surface area contributed by atoms with Crippen molar-refractivity contribution >= 4 is 5.97 Å². The van der Waals surface area contributed by atoms with Gasteiger partial charge >= 0.3 is 5.97 Å². The second-order valence-corrected chi connectivity index (χ2v) is 8.48. The summed E-state index contributed by atoms with van der Waals surface area (Å²) in [4.78, 5) is 26.5. The van der Waals surface area contributed by atoms with E-state index in [2.05, 4.69) is 30.8 Å². The van der Waals surface area contributed by atoms with Gasteiger partial charge in [-0.15, -0.1) is 0 Å². The normalized spacial score (nSPS) is 17.6. The van der Waals surface area contributed by atoms with Crippen LogP contribution in [-0.4, -0.2) is 12.0 Å². The number of nitrogens with zero attached hydrogens (tertiary/aromatic N) is 1. The molecular weight excluding hydrogens is 292 g/mol. The van der Waals surface area contributed by atoms with E-state index in [1.165, 1.54) is 12.8 Å². The summed E-state index contributed by atoms with van der Waals surface area (Å²) in [7, 11) is 0. The van der Waals surface area contributed by atoms with Crippen molar-refractivity contribution in [3.05, 3.63) is 4.91 Å². The molecule has 1 atom stereocenters. The zero-order valence-electron chi connectivity index (χ0n) is 15.1. The van der Waals surface area contributed by atoms with Crippen LogP contribution in [0.2, 0.25) is 0 Å². The number of hydrogen-bond acceptors (Lipinski definition) is 5. The first-order valence-corrected chi connectivity index (χ1v) is 9.02. The lowest BCUT2D eigenvalue weighted by Crippen LogP contribution is -2.15. The quantitative estimate of drug-likeness (QED) is 0.315. The van der Waals surface area contributed by atoms with Crippen LogP contribution in [0, 0.1) is 15.7 Å². The summed E-state index contributed by atoms with van der Waals surface area (Å²) in [5.41, 5.74) is 0.501. The summed E-state index contributed by atoms with van der Waals surface area (Å²) < 4.78 is 0. The fraction of sp³-hybridized carbons (Fsp3) is 0.944. The minimum Gasteiger partial charge on any atom is -0.373 e. The molecule has 0 aromatic heterocycles. The van der Waals surface area contributed by atoms with Gasteiger partial charge in [0.25, 0.3) is 0 Å². The highest BCUT2D eigenvalue weighted by molar-refractivity contribution is 5.70. The van der Waals surface area contributed by atoms with Gasteiger partial charge in [0.05, 0.1) is 12.5 Å². The Morgan fingerprint density at radius 2 is 1.78 bits per heavy atom. The Hall–Kier alpha value is -0.970. The number of hydrogen-bond donors (Lipinski definition) is 1. The van der Waals surface area contributed by atoms with Gasteiger partial charge in [0, 0.05) is 0 Å². The summed E-state index contributed by atoms with van der Waals surface area (Å²) in [5, 5.41) is 3.29. The van der Waals surface area contributed by atoms with Crippen molar-refractivity contribution in [3.8, 4) is 0 Å². The summed E-state index contributed by atoms with van der Waals surface area (Å²) in [5.74, 6) is 4.60. The van der Waals surface area contributed by atoms with Crippen molar-refractivity contribution in [2.75, 3.05) is 0 Å². The summed E-state index contributed by atoms with van der Waals surface area (Å²) in [6, 6.07) is -0.0425. The number of rotatable bonds is 12. The minimum absolute atomic E-state index is 0.0425. The monoisotopic (exact) mass is 326 g/mol. The van der Waals surface area contributed by atoms with E-state index in [4.69, 9.17) is 5.90 Å². The Balaban J connectivity index is 2.11. The van der Waals surface area contributed by atoms with Crippen LogP contribution in [0.3, 0.4) is 0 Å². The van der Waals surface area contributed by atoms with Gasteiger partial charge in [-0.25, -0.2) is 0 Å². The molecule has 1 aliphatic rings. The fourth-order valence-corrected chi connectivity index (χ4v) is 3.20. The van der Waals surface area contributed by atoms with Crippen LogP contribution in [0.25, 0.3) is 0 Å². The molecule has 0 saturated heterocycles. The maximum Gasteiger partial charge on any atom is 0.324 e. The lowest BCUT2D eigenvalue weighted by atomic mass is 9.89. The Morgan fingerprint density at radius 1 is 1.17 bits per heavy atom. The van der Waals surface area contributed by atoms with Gasteiger partial charge in [-0.1, -0.05) is 51.6 Å². The molecule has 0 bridgehead atoms. The standard InChI is InChI=1S/C18H34N2O3/c1-17(2,3)10-6-4-8-15(20-22)9-5-7-11-18(12-13-18)14-16(21)23-19/h15H,4-14,19H2,1-3H3. The van der Waals surface area contributed by atoms with E-state index >= 15 is 0 Å². The second-order valence-electron chi connectivity index (χ2n) is 8.48. The van der Waals surface area contributed by atoms with Crippen molar-refractivity contribution in [1.82, 2.24) is 0 Å². The van der Waals surface area contributed by atoms with Gasteiger partial charge in [0.15, 0.2) is 0 Å². The van der Waals surface area contributed by atoms with Crippen LogP contribution in [0.5, 0.6) is 0 Å². The molecule has 23 heavy (non-hydrogen) atoms. The smallest absolute Gasteiger partial charge is 0.324 e. The number of nitroso groups, excluding NO2 is 1. The molecule has 5 nitrogen and oxygen atoms in total. The zero-order chi connectivity index (χ0) is 17.3. The molecule has 0 aromatic rings. The van der Waals surface area contributed by atoms with Gasteiger partial charge in [-0.05, 0) is 49.4 Å². The van der Waals surface area contributed by atoms with Gasteiger partial charge in [0.1, 0.15) is 0 Å². The van der Waals surface area contributed by atoms with Gasteiger partial charge in [-0.3, -0.25) is 4.79 Å². The zero-order valence-corrected chi connectivity index (χ0v) is 15.1. The van der Waals surface area contributed by atoms with Crippen molar-refractivity contribution in [2.24, 2.45) is 21.9 Å². The van der Waals surface area contributed by atoms with E-state index in [-0.39, 0.29) is 17.4 Å². The molecule has 1 aliphatic carbocycles. The fourth-order valence-electron chi connectivity index (χ4n) is 3.20. The molecular formula is C18H34N2O3. The minimum atomic E-state index is -0.311. The van der Waals surface area contributed by atoms with Gasteiger partial charge in [-0.2, -0.15) is 10.8 Å². The maximum absolute atomic E-state index is 11.3. The molecule has 0 heterocycles. The average Bonchev–Trinajstić information content (AvgIpc) is 3.24. The molecule has 5 heteroatoms. The van der Waals surface area contributed by atoms with Crippen LogP contribution in [0.15, 0.2) is 5.18 Å². The van der Waals surface area contributed by atoms with Crippen molar-refractivity contribution < 1.29 is 9.63 Å². The molecule has 0 radical (unpaired) electrons. The van der Waals surface area contributed by atoms with E-state index in [1.54, 1.807) is 0 Å². The molecule has 1 saturated carbocycles. The van der Waals surface area contributed by atoms with Gasteiger partial charge in [0.2, 0.25) is 0 Å². The van der Waals surface area contributed by atoms with Crippen LogP contribution in [-0.2, 0) is 9.63 Å². The van der Waals surface area contributed by atoms with Crippen LogP contribution >= 0.6 is 0 Å². The van der Waals surface area contributed by atoms with Crippen LogP contribution in [0.1, 0.15) is 91.4 Å². The van der Waals surface area contributed by atoms with E-state index in [9.17, 15) is 9.70 Å². The lowest BCUT2D eigenvalue weighted by Gasteiger charge is -2.18. The topological polar surface area (TPSA) is 81.8 Å². The molecule has 1 unspecified atom stereocenters. The highest BCUT2D eigenvalue weighted by Gasteiger charge is 2.43. The number of nitrogens with two attached hydrogens (primary N) is 1. The van der Waals surface area contributed by atoms with E-state index < -0.39 is 0 Å². The highest BCUT2D eigenvalue weighted by atomic mass is 16.7. The molecule has 0 spiro atoms. The molecule has 1 fully saturated rings. The summed E-state index contributed by atoms with van der Waals surface area (Å²) >= 11 is 0. The molecule has 1 rings (SSSR count). The Morgan fingerprint density at radius 3 is 2.26 bits per heavy atom. The molecule has 0 amide bonds. The largest absolute Gasteiger partial charge is 0.373 e. The third kappa shape index (κ3) is 9.04. The maximum atomic E-state index is 11.3. The van der Waals surface area contributed by atoms with E-state index in [0.29, 0.717) is 11.8 Å². The Kier molecular flexibility index (Phi) is 8.17. The summed E-state index contributed by atoms with van der Waals surface area (Å²) in [6.07, 6.45) is 10.9. The first kappa shape index (κ1) is 20.1. The molecule has 0 aromatic carbocycles. The predicted octanol–water partition coefficient (Wildman–Crippen LogP) is 4.88.